The van der Waals surface area contributed by atoms with Crippen molar-refractivity contribution in [2.75, 3.05) is 5.32 Å². The van der Waals surface area contributed by atoms with Crippen molar-refractivity contribution >= 4 is 34.8 Å². The molecule has 2 aromatic carbocycles. The van der Waals surface area contributed by atoms with Crippen LogP contribution in [-0.4, -0.2) is 15.7 Å². The van der Waals surface area contributed by atoms with Gasteiger partial charge in [-0.05, 0) is 58.7 Å². The van der Waals surface area contributed by atoms with Crippen molar-refractivity contribution in [2.24, 2.45) is 7.05 Å². The molecule has 1 heterocycles. The lowest BCUT2D eigenvalue weighted by atomic mass is 9.99. The van der Waals surface area contributed by atoms with Gasteiger partial charge in [-0.2, -0.15) is 5.10 Å². The number of nitrogens with zero attached hydrogens (tertiary/aromatic N) is 2. The van der Waals surface area contributed by atoms with Crippen LogP contribution in [0.3, 0.4) is 0 Å². The van der Waals surface area contributed by atoms with Crippen molar-refractivity contribution in [1.29, 1.82) is 0 Å². The van der Waals surface area contributed by atoms with Crippen LogP contribution in [0.2, 0.25) is 5.02 Å². The zero-order chi connectivity index (χ0) is 20.4. The van der Waals surface area contributed by atoms with Crippen LogP contribution in [0.25, 0.3) is 11.6 Å². The highest BCUT2D eigenvalue weighted by atomic mass is 35.5. The highest BCUT2D eigenvalue weighted by Gasteiger charge is 2.11. The van der Waals surface area contributed by atoms with E-state index in [1.165, 1.54) is 5.57 Å². The van der Waals surface area contributed by atoms with Crippen LogP contribution < -0.4 is 15.8 Å². The number of allylic oxidation sites excluding steroid dienone is 2. The van der Waals surface area contributed by atoms with Crippen LogP contribution in [0.4, 0.5) is 5.69 Å². The van der Waals surface area contributed by atoms with Crippen molar-refractivity contribution < 1.29 is 4.79 Å². The van der Waals surface area contributed by atoms with Crippen LogP contribution in [-0.2, 0) is 7.05 Å². The Balaban J connectivity index is 1.85. The molecule has 1 aromatic heterocycles. The minimum Gasteiger partial charge on any atom is -0.319 e. The second kappa shape index (κ2) is 8.10. The lowest BCUT2D eigenvalue weighted by molar-refractivity contribution is 0.102. The zero-order valence-corrected chi connectivity index (χ0v) is 17.2. The molecule has 3 aromatic rings. The van der Waals surface area contributed by atoms with E-state index in [1.807, 2.05) is 49.5 Å². The van der Waals surface area contributed by atoms with Crippen LogP contribution in [0.1, 0.15) is 35.7 Å². The number of rotatable bonds is 4. The summed E-state index contributed by atoms with van der Waals surface area (Å²) in [6.45, 7) is 2.17. The van der Waals surface area contributed by atoms with Gasteiger partial charge < -0.3 is 5.32 Å². The van der Waals surface area contributed by atoms with Gasteiger partial charge in [-0.15, -0.1) is 0 Å². The molecule has 4 rings (SSSR count). The number of nitrogens with one attached hydrogen (secondary N) is 1. The molecule has 0 unspecified atom stereocenters. The zero-order valence-electron chi connectivity index (χ0n) is 16.4. The Morgan fingerprint density at radius 2 is 2.00 bits per heavy atom. The first-order valence-electron chi connectivity index (χ1n) is 9.63. The topological polar surface area (TPSA) is 46.9 Å². The smallest absolute Gasteiger partial charge is 0.255 e. The summed E-state index contributed by atoms with van der Waals surface area (Å²) in [5.74, 6) is -0.153. The molecule has 0 saturated heterocycles. The lowest BCUT2D eigenvalue weighted by Crippen LogP contribution is -2.28. The molecule has 0 atom stereocenters. The average molecular weight is 404 g/mol. The summed E-state index contributed by atoms with van der Waals surface area (Å²) in [7, 11) is 1.82. The Bertz CT molecular complexity index is 1220. The van der Waals surface area contributed by atoms with E-state index in [0.29, 0.717) is 16.3 Å². The van der Waals surface area contributed by atoms with Gasteiger partial charge in [0.2, 0.25) is 0 Å². The molecule has 5 heteroatoms. The SMILES string of the molecule is CCC1=CC(c2ccc(Cl)cc2)=c2cc(C(=O)Nc3cnn(C)c3)ccc2=CC1. The van der Waals surface area contributed by atoms with Gasteiger partial charge in [0.05, 0.1) is 11.9 Å². The van der Waals surface area contributed by atoms with E-state index in [1.54, 1.807) is 17.1 Å². The van der Waals surface area contributed by atoms with Crippen LogP contribution in [0, 0.1) is 0 Å². The number of halogens is 1. The maximum absolute atomic E-state index is 12.8. The van der Waals surface area contributed by atoms with Crippen molar-refractivity contribution in [2.45, 2.75) is 19.8 Å². The van der Waals surface area contributed by atoms with Gasteiger partial charge in [0.15, 0.2) is 0 Å². The number of amides is 1. The Morgan fingerprint density at radius 3 is 2.69 bits per heavy atom. The van der Waals surface area contributed by atoms with Gasteiger partial charge >= 0.3 is 0 Å². The number of carbonyl (C=O) groups is 1. The largest absolute Gasteiger partial charge is 0.319 e. The second-order valence-corrected chi connectivity index (χ2v) is 7.58. The summed E-state index contributed by atoms with van der Waals surface area (Å²) < 4.78 is 1.66. The summed E-state index contributed by atoms with van der Waals surface area (Å²) in [6, 6.07) is 13.7. The van der Waals surface area contributed by atoms with Gasteiger partial charge in [-0.1, -0.05) is 54.4 Å². The molecule has 1 N–H and O–H groups in total. The highest BCUT2D eigenvalue weighted by molar-refractivity contribution is 6.30. The van der Waals surface area contributed by atoms with E-state index >= 15 is 0 Å². The number of aryl methyl sites for hydroxylation is 1. The number of hydrogen-bond acceptors (Lipinski definition) is 2. The summed E-state index contributed by atoms with van der Waals surface area (Å²) >= 11 is 6.09. The van der Waals surface area contributed by atoms with Crippen molar-refractivity contribution in [3.05, 3.63) is 93.1 Å². The molecule has 0 radical (unpaired) electrons. The predicted octanol–water partition coefficient (Wildman–Crippen LogP) is 4.05. The minimum absolute atomic E-state index is 0.153. The Morgan fingerprint density at radius 1 is 1.21 bits per heavy atom. The molecule has 0 bridgehead atoms. The van der Waals surface area contributed by atoms with Crippen LogP contribution in [0.15, 0.2) is 66.5 Å². The molecular weight excluding hydrogens is 382 g/mol. The van der Waals surface area contributed by atoms with Crippen LogP contribution in [0.5, 0.6) is 0 Å². The van der Waals surface area contributed by atoms with E-state index in [4.69, 9.17) is 11.6 Å². The van der Waals surface area contributed by atoms with Gasteiger partial charge in [0, 0.05) is 23.8 Å². The fraction of sp³-hybridized carbons (Fsp3) is 0.167. The number of fused-ring (bicyclic) bond motifs is 1. The number of carbonyl (C=O) groups excluding carboxylic acids is 1. The van der Waals surface area contributed by atoms with Crippen molar-refractivity contribution in [1.82, 2.24) is 9.78 Å². The number of anilines is 1. The van der Waals surface area contributed by atoms with Gasteiger partial charge in [-0.25, -0.2) is 0 Å². The molecule has 29 heavy (non-hydrogen) atoms. The fourth-order valence-corrected chi connectivity index (χ4v) is 3.62. The highest BCUT2D eigenvalue weighted by Crippen LogP contribution is 2.21. The molecule has 4 nitrogen and oxygen atoms in total. The lowest BCUT2D eigenvalue weighted by Gasteiger charge is -2.07. The monoisotopic (exact) mass is 403 g/mol. The van der Waals surface area contributed by atoms with Gasteiger partial charge in [-0.3, -0.25) is 9.48 Å². The average Bonchev–Trinajstić information content (AvgIpc) is 3.04. The molecule has 0 saturated carbocycles. The summed E-state index contributed by atoms with van der Waals surface area (Å²) in [6.07, 6.45) is 9.77. The van der Waals surface area contributed by atoms with E-state index in [0.717, 1.165) is 34.4 Å². The first-order valence-corrected chi connectivity index (χ1v) is 10.0. The minimum atomic E-state index is -0.153. The van der Waals surface area contributed by atoms with Gasteiger partial charge in [0.1, 0.15) is 0 Å². The standard InChI is InChI=1S/C24H22ClN3O/c1-3-16-4-5-17-6-7-19(24(29)27-21-14-26-28(2)15-21)13-23(17)22(12-16)18-8-10-20(25)11-9-18/h5-15H,3-4H2,1-2H3,(H,27,29). The van der Waals surface area contributed by atoms with Crippen LogP contribution >= 0.6 is 11.6 Å². The second-order valence-electron chi connectivity index (χ2n) is 7.14. The number of benzene rings is 2. The van der Waals surface area contributed by atoms with E-state index in [9.17, 15) is 4.79 Å². The van der Waals surface area contributed by atoms with E-state index < -0.39 is 0 Å². The summed E-state index contributed by atoms with van der Waals surface area (Å²) in [4.78, 5) is 12.8. The molecular formula is C24H22ClN3O. The first kappa shape index (κ1) is 19.2. The van der Waals surface area contributed by atoms with E-state index in [-0.39, 0.29) is 5.91 Å². The van der Waals surface area contributed by atoms with Crippen molar-refractivity contribution in [3.63, 3.8) is 0 Å². The predicted molar refractivity (Wildman–Crippen MR) is 118 cm³/mol. The maximum atomic E-state index is 12.8. The van der Waals surface area contributed by atoms with Gasteiger partial charge in [0.25, 0.3) is 5.91 Å². The molecule has 1 aliphatic rings. The number of hydrogen-bond donors (Lipinski definition) is 1. The third kappa shape index (κ3) is 4.17. The quantitative estimate of drug-likeness (QED) is 0.714. The third-order valence-electron chi connectivity index (χ3n) is 5.11. The Hall–Kier alpha value is -3.11. The molecule has 0 aliphatic heterocycles. The maximum Gasteiger partial charge on any atom is 0.255 e. The Labute approximate surface area is 174 Å². The fourth-order valence-electron chi connectivity index (χ4n) is 3.49. The molecule has 0 fully saturated rings. The molecule has 1 amide bonds. The normalized spacial score (nSPS) is 13.2. The third-order valence-corrected chi connectivity index (χ3v) is 5.36. The van der Waals surface area contributed by atoms with E-state index in [2.05, 4.69) is 29.5 Å². The molecule has 0 spiro atoms. The van der Waals surface area contributed by atoms with Crippen molar-refractivity contribution in [3.8, 4) is 0 Å². The molecule has 146 valence electrons. The first-order chi connectivity index (χ1) is 14.0. The molecule has 1 aliphatic carbocycles. The number of aromatic nitrogens is 2. The summed E-state index contributed by atoms with van der Waals surface area (Å²) in [5, 5.41) is 9.90. The Kier molecular flexibility index (Phi) is 5.36. The summed E-state index contributed by atoms with van der Waals surface area (Å²) in [5.41, 5.74) is 4.84.